The molecule has 2 atom stereocenters. The Labute approximate surface area is 162 Å². The number of hydrogen-bond donors (Lipinski definition) is 1. The van der Waals surface area contributed by atoms with Crippen molar-refractivity contribution >= 4 is 0 Å². The van der Waals surface area contributed by atoms with Gasteiger partial charge in [0.25, 0.3) is 0 Å². The summed E-state index contributed by atoms with van der Waals surface area (Å²) in [6, 6.07) is 6.25. The Bertz CT molecular complexity index is 702. The van der Waals surface area contributed by atoms with Gasteiger partial charge in [-0.25, -0.2) is 0 Å². The van der Waals surface area contributed by atoms with E-state index in [2.05, 4.69) is 53.0 Å². The van der Waals surface area contributed by atoms with Crippen LogP contribution in [0, 0.1) is 6.92 Å². The van der Waals surface area contributed by atoms with Gasteiger partial charge in [-0.15, -0.1) is 0 Å². The van der Waals surface area contributed by atoms with Gasteiger partial charge in [0.15, 0.2) is 0 Å². The third-order valence-corrected chi connectivity index (χ3v) is 5.54. The quantitative estimate of drug-likeness (QED) is 0.770. The van der Waals surface area contributed by atoms with Crippen molar-refractivity contribution in [3.63, 3.8) is 0 Å². The molecule has 1 saturated heterocycles. The van der Waals surface area contributed by atoms with Crippen LogP contribution in [0.1, 0.15) is 36.7 Å². The summed E-state index contributed by atoms with van der Waals surface area (Å²) in [6.07, 6.45) is 6.68. The fraction of sp³-hybridized carbons (Fsp3) is 0.619. The predicted molar refractivity (Wildman–Crippen MR) is 108 cm³/mol. The molecule has 0 saturated carbocycles. The van der Waals surface area contributed by atoms with Gasteiger partial charge in [0.2, 0.25) is 0 Å². The van der Waals surface area contributed by atoms with Crippen molar-refractivity contribution in [1.29, 1.82) is 0 Å². The van der Waals surface area contributed by atoms with Crippen molar-refractivity contribution in [3.05, 3.63) is 47.5 Å². The van der Waals surface area contributed by atoms with Gasteiger partial charge in [-0.1, -0.05) is 13.0 Å². The number of pyridine rings is 1. The average Bonchev–Trinajstić information content (AvgIpc) is 3.00. The van der Waals surface area contributed by atoms with Gasteiger partial charge in [0, 0.05) is 68.8 Å². The first-order valence-corrected chi connectivity index (χ1v) is 10.1. The van der Waals surface area contributed by atoms with Crippen LogP contribution in [-0.4, -0.2) is 68.5 Å². The highest BCUT2D eigenvalue weighted by Gasteiger charge is 2.30. The molecule has 2 aromatic rings. The molecule has 0 aromatic carbocycles. The Morgan fingerprint density at radius 1 is 1.33 bits per heavy atom. The van der Waals surface area contributed by atoms with Crippen LogP contribution in [0.4, 0.5) is 0 Å². The second-order valence-corrected chi connectivity index (χ2v) is 7.71. The van der Waals surface area contributed by atoms with Crippen LogP contribution in [0.2, 0.25) is 0 Å². The summed E-state index contributed by atoms with van der Waals surface area (Å²) < 4.78 is 2.04. The largest absolute Gasteiger partial charge is 0.390 e. The van der Waals surface area contributed by atoms with Crippen LogP contribution in [-0.2, 0) is 19.5 Å². The van der Waals surface area contributed by atoms with Gasteiger partial charge in [0.05, 0.1) is 11.8 Å². The normalized spacial score (nSPS) is 21.1. The summed E-state index contributed by atoms with van der Waals surface area (Å²) in [5, 5.41) is 15.3. The molecule has 1 aliphatic rings. The Balaban J connectivity index is 1.49. The standard InChI is InChI=1S/C21H33N5O/c1-4-11-26-15-18(17(2)23-26)14-25-13-9-20(21(27)16-25)24(3)12-8-19-7-5-6-10-22-19/h5-7,10,15,20-21,27H,4,8-9,11-14,16H2,1-3H3/t20-,21-/m1/s1. The van der Waals surface area contributed by atoms with Gasteiger partial charge in [-0.3, -0.25) is 14.6 Å². The van der Waals surface area contributed by atoms with Crippen molar-refractivity contribution in [3.8, 4) is 0 Å². The van der Waals surface area contributed by atoms with Crippen molar-refractivity contribution in [2.24, 2.45) is 0 Å². The van der Waals surface area contributed by atoms with Gasteiger partial charge in [-0.05, 0) is 38.9 Å². The van der Waals surface area contributed by atoms with E-state index >= 15 is 0 Å². The lowest BCUT2D eigenvalue weighted by Gasteiger charge is -2.40. The van der Waals surface area contributed by atoms with Crippen molar-refractivity contribution in [1.82, 2.24) is 24.6 Å². The smallest absolute Gasteiger partial charge is 0.0822 e. The second-order valence-electron chi connectivity index (χ2n) is 7.71. The van der Waals surface area contributed by atoms with E-state index in [9.17, 15) is 5.11 Å². The van der Waals surface area contributed by atoms with Gasteiger partial charge in [0.1, 0.15) is 0 Å². The molecule has 0 aliphatic carbocycles. The first-order chi connectivity index (χ1) is 13.1. The van der Waals surface area contributed by atoms with E-state index in [0.29, 0.717) is 0 Å². The van der Waals surface area contributed by atoms with E-state index in [1.807, 2.05) is 23.0 Å². The Morgan fingerprint density at radius 3 is 2.89 bits per heavy atom. The monoisotopic (exact) mass is 371 g/mol. The highest BCUT2D eigenvalue weighted by atomic mass is 16.3. The maximum Gasteiger partial charge on any atom is 0.0822 e. The number of β-amino-alcohol motifs (C(OH)–C–C–N with tert-alkyl or cyclic N) is 1. The van der Waals surface area contributed by atoms with Crippen LogP contribution in [0.15, 0.2) is 30.6 Å². The second kappa shape index (κ2) is 9.44. The summed E-state index contributed by atoms with van der Waals surface area (Å²) in [5.74, 6) is 0. The lowest BCUT2D eigenvalue weighted by molar-refractivity contribution is -0.00625. The molecule has 6 nitrogen and oxygen atoms in total. The lowest BCUT2D eigenvalue weighted by Crippen LogP contribution is -2.53. The molecule has 1 aliphatic heterocycles. The van der Waals surface area contributed by atoms with Crippen LogP contribution in [0.3, 0.4) is 0 Å². The summed E-state index contributed by atoms with van der Waals surface area (Å²) in [7, 11) is 2.12. The van der Waals surface area contributed by atoms with E-state index in [-0.39, 0.29) is 12.1 Å². The minimum absolute atomic E-state index is 0.217. The molecule has 0 amide bonds. The molecule has 1 fully saturated rings. The molecule has 6 heteroatoms. The third kappa shape index (κ3) is 5.37. The topological polar surface area (TPSA) is 57.4 Å². The van der Waals surface area contributed by atoms with E-state index < -0.39 is 0 Å². The molecular formula is C21H33N5O. The third-order valence-electron chi connectivity index (χ3n) is 5.54. The number of aromatic nitrogens is 3. The summed E-state index contributed by atoms with van der Waals surface area (Å²) >= 11 is 0. The van der Waals surface area contributed by atoms with Gasteiger partial charge < -0.3 is 10.0 Å². The number of aryl methyl sites for hydroxylation is 2. The van der Waals surface area contributed by atoms with E-state index in [1.165, 1.54) is 5.56 Å². The zero-order valence-electron chi connectivity index (χ0n) is 16.9. The maximum atomic E-state index is 10.7. The van der Waals surface area contributed by atoms with Crippen LogP contribution >= 0.6 is 0 Å². The number of likely N-dealkylation sites (N-methyl/N-ethyl adjacent to an activating group) is 1. The molecule has 27 heavy (non-hydrogen) atoms. The molecule has 2 aromatic heterocycles. The molecule has 148 valence electrons. The first-order valence-electron chi connectivity index (χ1n) is 10.1. The van der Waals surface area contributed by atoms with Crippen molar-refractivity contribution < 1.29 is 5.11 Å². The minimum atomic E-state index is -0.321. The lowest BCUT2D eigenvalue weighted by atomic mass is 9.99. The zero-order chi connectivity index (χ0) is 19.2. The van der Waals surface area contributed by atoms with Gasteiger partial charge >= 0.3 is 0 Å². The van der Waals surface area contributed by atoms with Crippen LogP contribution < -0.4 is 0 Å². The highest BCUT2D eigenvalue weighted by Crippen LogP contribution is 2.19. The number of aliphatic hydroxyl groups excluding tert-OH is 1. The molecule has 3 heterocycles. The zero-order valence-corrected chi connectivity index (χ0v) is 16.9. The van der Waals surface area contributed by atoms with Crippen molar-refractivity contribution in [2.45, 2.75) is 58.3 Å². The summed E-state index contributed by atoms with van der Waals surface area (Å²) in [6.45, 7) is 8.73. The molecular weight excluding hydrogens is 338 g/mol. The molecule has 3 rings (SSSR count). The fourth-order valence-corrected chi connectivity index (χ4v) is 3.94. The minimum Gasteiger partial charge on any atom is -0.390 e. The first kappa shape index (κ1) is 20.0. The molecule has 0 radical (unpaired) electrons. The number of likely N-dealkylation sites (tertiary alicyclic amines) is 1. The molecule has 0 spiro atoms. The predicted octanol–water partition coefficient (Wildman–Crippen LogP) is 2.11. The number of rotatable bonds is 8. The highest BCUT2D eigenvalue weighted by molar-refractivity contribution is 5.15. The Kier molecular flexibility index (Phi) is 6.99. The van der Waals surface area contributed by atoms with Crippen LogP contribution in [0.25, 0.3) is 0 Å². The van der Waals surface area contributed by atoms with Crippen molar-refractivity contribution in [2.75, 3.05) is 26.7 Å². The fourth-order valence-electron chi connectivity index (χ4n) is 3.94. The Hall–Kier alpha value is -1.76. The van der Waals surface area contributed by atoms with E-state index in [4.69, 9.17) is 0 Å². The van der Waals surface area contributed by atoms with E-state index in [1.54, 1.807) is 0 Å². The SMILES string of the molecule is CCCn1cc(CN2CC[C@@H](N(C)CCc3ccccn3)[C@H](O)C2)c(C)n1. The number of aliphatic hydroxyl groups is 1. The maximum absolute atomic E-state index is 10.7. The van der Waals surface area contributed by atoms with Gasteiger partial charge in [-0.2, -0.15) is 5.10 Å². The number of nitrogens with zero attached hydrogens (tertiary/aromatic N) is 5. The van der Waals surface area contributed by atoms with E-state index in [0.717, 1.165) is 63.4 Å². The summed E-state index contributed by atoms with van der Waals surface area (Å²) in [4.78, 5) is 9.04. The molecule has 1 N–H and O–H groups in total. The average molecular weight is 372 g/mol. The molecule has 0 unspecified atom stereocenters. The number of piperidine rings is 1. The number of hydrogen-bond acceptors (Lipinski definition) is 5. The van der Waals surface area contributed by atoms with Crippen LogP contribution in [0.5, 0.6) is 0 Å². The Morgan fingerprint density at radius 2 is 2.19 bits per heavy atom. The molecule has 0 bridgehead atoms. The summed E-state index contributed by atoms with van der Waals surface area (Å²) in [5.41, 5.74) is 3.49.